The van der Waals surface area contributed by atoms with E-state index in [1.54, 1.807) is 12.3 Å². The lowest BCUT2D eigenvalue weighted by Gasteiger charge is -1.90. The molecule has 3 heteroatoms. The zero-order chi connectivity index (χ0) is 6.69. The predicted molar refractivity (Wildman–Crippen MR) is 32.2 cm³/mol. The van der Waals surface area contributed by atoms with Gasteiger partial charge in [-0.1, -0.05) is 0 Å². The van der Waals surface area contributed by atoms with E-state index in [0.717, 1.165) is 5.56 Å². The zero-order valence-corrected chi connectivity index (χ0v) is 5.03. The van der Waals surface area contributed by atoms with Crippen LogP contribution in [0, 0.1) is 6.92 Å². The SMILES string of the molecule is Cc1ccnnc1C=O. The summed E-state index contributed by atoms with van der Waals surface area (Å²) in [4.78, 5) is 10.1. The highest BCUT2D eigenvalue weighted by Gasteiger charge is 1.93. The van der Waals surface area contributed by atoms with Crippen molar-refractivity contribution in [3.8, 4) is 0 Å². The first kappa shape index (κ1) is 5.88. The molecule has 0 radical (unpaired) electrons. The lowest BCUT2D eigenvalue weighted by molar-refractivity contribution is 0.111. The molecular formula is C6H6N2O. The van der Waals surface area contributed by atoms with Crippen molar-refractivity contribution < 1.29 is 4.79 Å². The lowest BCUT2D eigenvalue weighted by atomic mass is 10.2. The Morgan fingerprint density at radius 1 is 1.67 bits per heavy atom. The Kier molecular flexibility index (Phi) is 1.53. The van der Waals surface area contributed by atoms with E-state index in [9.17, 15) is 4.79 Å². The summed E-state index contributed by atoms with van der Waals surface area (Å²) >= 11 is 0. The Bertz CT molecular complexity index is 222. The number of aldehydes is 1. The number of aromatic nitrogens is 2. The minimum Gasteiger partial charge on any atom is -0.296 e. The van der Waals surface area contributed by atoms with Crippen molar-refractivity contribution in [2.75, 3.05) is 0 Å². The average molecular weight is 122 g/mol. The van der Waals surface area contributed by atoms with E-state index in [-0.39, 0.29) is 0 Å². The molecule has 0 aliphatic heterocycles. The smallest absolute Gasteiger partial charge is 0.170 e. The van der Waals surface area contributed by atoms with Gasteiger partial charge in [0.05, 0.1) is 0 Å². The van der Waals surface area contributed by atoms with Gasteiger partial charge in [-0.05, 0) is 18.6 Å². The molecule has 1 rings (SSSR count). The zero-order valence-electron chi connectivity index (χ0n) is 5.03. The minimum absolute atomic E-state index is 0.414. The van der Waals surface area contributed by atoms with Crippen molar-refractivity contribution in [3.63, 3.8) is 0 Å². The molecule has 0 aromatic carbocycles. The van der Waals surface area contributed by atoms with Crippen LogP contribution in [0.5, 0.6) is 0 Å². The molecule has 0 spiro atoms. The Morgan fingerprint density at radius 3 is 2.89 bits per heavy atom. The maximum atomic E-state index is 10.1. The second-order valence-corrected chi connectivity index (χ2v) is 1.72. The van der Waals surface area contributed by atoms with Gasteiger partial charge in [-0.25, -0.2) is 0 Å². The van der Waals surface area contributed by atoms with E-state index in [1.165, 1.54) is 0 Å². The summed E-state index contributed by atoms with van der Waals surface area (Å²) in [6.45, 7) is 1.82. The van der Waals surface area contributed by atoms with Crippen LogP contribution in [0.4, 0.5) is 0 Å². The van der Waals surface area contributed by atoms with Gasteiger partial charge in [0, 0.05) is 6.20 Å². The summed E-state index contributed by atoms with van der Waals surface area (Å²) in [6, 6.07) is 1.75. The molecule has 9 heavy (non-hydrogen) atoms. The van der Waals surface area contributed by atoms with Gasteiger partial charge in [-0.15, -0.1) is 5.10 Å². The van der Waals surface area contributed by atoms with Crippen molar-refractivity contribution in [2.24, 2.45) is 0 Å². The number of hydrogen-bond acceptors (Lipinski definition) is 3. The number of nitrogens with zero attached hydrogens (tertiary/aromatic N) is 2. The van der Waals surface area contributed by atoms with Crippen molar-refractivity contribution in [1.29, 1.82) is 0 Å². The molecule has 0 unspecified atom stereocenters. The van der Waals surface area contributed by atoms with E-state index < -0.39 is 0 Å². The van der Waals surface area contributed by atoms with Gasteiger partial charge in [0.1, 0.15) is 5.69 Å². The lowest BCUT2D eigenvalue weighted by Crippen LogP contribution is -1.92. The molecule has 0 aliphatic carbocycles. The molecule has 0 saturated heterocycles. The minimum atomic E-state index is 0.414. The van der Waals surface area contributed by atoms with Crippen LogP contribution in [0.2, 0.25) is 0 Å². The van der Waals surface area contributed by atoms with Crippen LogP contribution in [0.25, 0.3) is 0 Å². The average Bonchev–Trinajstić information content (AvgIpc) is 1.89. The highest BCUT2D eigenvalue weighted by Crippen LogP contribution is 1.95. The molecule has 46 valence electrons. The molecule has 3 nitrogen and oxygen atoms in total. The van der Waals surface area contributed by atoms with Crippen molar-refractivity contribution >= 4 is 6.29 Å². The van der Waals surface area contributed by atoms with Gasteiger partial charge in [0.15, 0.2) is 6.29 Å². The van der Waals surface area contributed by atoms with Crippen molar-refractivity contribution in [1.82, 2.24) is 10.2 Å². The molecule has 0 fully saturated rings. The standard InChI is InChI=1S/C6H6N2O/c1-5-2-3-7-8-6(5)4-9/h2-4H,1H3. The van der Waals surface area contributed by atoms with Gasteiger partial charge in [0.2, 0.25) is 0 Å². The molecule has 0 amide bonds. The molecule has 1 aromatic heterocycles. The largest absolute Gasteiger partial charge is 0.296 e. The topological polar surface area (TPSA) is 42.9 Å². The van der Waals surface area contributed by atoms with Gasteiger partial charge in [-0.2, -0.15) is 5.10 Å². The predicted octanol–water partition coefficient (Wildman–Crippen LogP) is 0.598. The third-order valence-electron chi connectivity index (χ3n) is 1.07. The van der Waals surface area contributed by atoms with E-state index in [2.05, 4.69) is 10.2 Å². The highest BCUT2D eigenvalue weighted by molar-refractivity contribution is 5.73. The van der Waals surface area contributed by atoms with Crippen molar-refractivity contribution in [2.45, 2.75) is 6.92 Å². The number of rotatable bonds is 1. The van der Waals surface area contributed by atoms with Crippen LogP contribution in [0.3, 0.4) is 0 Å². The molecular weight excluding hydrogens is 116 g/mol. The number of aryl methyl sites for hydroxylation is 1. The monoisotopic (exact) mass is 122 g/mol. The molecule has 0 saturated carbocycles. The summed E-state index contributed by atoms with van der Waals surface area (Å²) < 4.78 is 0. The Balaban J connectivity index is 3.15. The van der Waals surface area contributed by atoms with E-state index >= 15 is 0 Å². The van der Waals surface area contributed by atoms with E-state index in [1.807, 2.05) is 6.92 Å². The van der Waals surface area contributed by atoms with Crippen LogP contribution in [-0.4, -0.2) is 16.5 Å². The van der Waals surface area contributed by atoms with Crippen LogP contribution >= 0.6 is 0 Å². The van der Waals surface area contributed by atoms with Crippen LogP contribution < -0.4 is 0 Å². The van der Waals surface area contributed by atoms with Gasteiger partial charge in [0.25, 0.3) is 0 Å². The van der Waals surface area contributed by atoms with Crippen molar-refractivity contribution in [3.05, 3.63) is 23.5 Å². The van der Waals surface area contributed by atoms with Crippen LogP contribution in [-0.2, 0) is 0 Å². The second-order valence-electron chi connectivity index (χ2n) is 1.72. The fourth-order valence-corrected chi connectivity index (χ4v) is 0.521. The fourth-order valence-electron chi connectivity index (χ4n) is 0.521. The summed E-state index contributed by atoms with van der Waals surface area (Å²) in [5, 5.41) is 7.11. The third kappa shape index (κ3) is 1.10. The van der Waals surface area contributed by atoms with Gasteiger partial charge < -0.3 is 0 Å². The third-order valence-corrected chi connectivity index (χ3v) is 1.07. The Morgan fingerprint density at radius 2 is 2.44 bits per heavy atom. The maximum Gasteiger partial charge on any atom is 0.170 e. The molecule has 1 aromatic rings. The summed E-state index contributed by atoms with van der Waals surface area (Å²) in [6.07, 6.45) is 2.25. The number of carbonyl (C=O) groups excluding carboxylic acids is 1. The maximum absolute atomic E-state index is 10.1. The first-order valence-corrected chi connectivity index (χ1v) is 2.58. The quantitative estimate of drug-likeness (QED) is 0.512. The molecule has 0 bridgehead atoms. The first-order valence-electron chi connectivity index (χ1n) is 2.58. The second kappa shape index (κ2) is 2.35. The summed E-state index contributed by atoms with van der Waals surface area (Å²) in [5.74, 6) is 0. The fraction of sp³-hybridized carbons (Fsp3) is 0.167. The first-order chi connectivity index (χ1) is 4.34. The van der Waals surface area contributed by atoms with Gasteiger partial charge in [-0.3, -0.25) is 4.79 Å². The Hall–Kier alpha value is -1.25. The molecule has 0 aliphatic rings. The normalized spacial score (nSPS) is 9.00. The molecule has 1 heterocycles. The number of hydrogen-bond donors (Lipinski definition) is 0. The summed E-state index contributed by atoms with van der Waals surface area (Å²) in [7, 11) is 0. The Labute approximate surface area is 52.7 Å². The number of carbonyl (C=O) groups is 1. The van der Waals surface area contributed by atoms with E-state index in [4.69, 9.17) is 0 Å². The highest BCUT2D eigenvalue weighted by atomic mass is 16.1. The molecule has 0 N–H and O–H groups in total. The van der Waals surface area contributed by atoms with Crippen LogP contribution in [0.1, 0.15) is 16.1 Å². The molecule has 0 atom stereocenters. The van der Waals surface area contributed by atoms with Gasteiger partial charge >= 0.3 is 0 Å². The van der Waals surface area contributed by atoms with Crippen LogP contribution in [0.15, 0.2) is 12.3 Å². The van der Waals surface area contributed by atoms with E-state index in [0.29, 0.717) is 12.0 Å². The summed E-state index contributed by atoms with van der Waals surface area (Å²) in [5.41, 5.74) is 1.28.